The maximum Gasteiger partial charge on any atom is 0.250 e. The normalized spacial score (nSPS) is 18.5. The van der Waals surface area contributed by atoms with Gasteiger partial charge in [-0.3, -0.25) is 13.9 Å². The first-order chi connectivity index (χ1) is 18.3. The van der Waals surface area contributed by atoms with Crippen LogP contribution in [-0.4, -0.2) is 68.7 Å². The van der Waals surface area contributed by atoms with Crippen LogP contribution < -0.4 is 13.2 Å². The zero-order chi connectivity index (χ0) is 28.5. The molecule has 2 N–H and O–H groups in total. The summed E-state index contributed by atoms with van der Waals surface area (Å²) in [5, 5.41) is 2.96. The molecule has 0 aromatic heterocycles. The molecule has 0 aliphatic carbocycles. The minimum Gasteiger partial charge on any atom is -0.374 e. The molecule has 2 amide bonds. The number of hydrogen-bond acceptors (Lipinski definition) is 6. The maximum absolute atomic E-state index is 14.0. The highest BCUT2D eigenvalue weighted by atomic mass is 127. The van der Waals surface area contributed by atoms with Crippen LogP contribution in [0.15, 0.2) is 54.6 Å². The smallest absolute Gasteiger partial charge is 0.250 e. The second-order valence-corrected chi connectivity index (χ2v) is 13.8. The number of nitrogens with zero attached hydrogens (tertiary/aromatic N) is 2. The van der Waals surface area contributed by atoms with Crippen molar-refractivity contribution in [2.24, 2.45) is 0 Å². The van der Waals surface area contributed by atoms with Gasteiger partial charge in [0, 0.05) is 47.9 Å². The van der Waals surface area contributed by atoms with Crippen LogP contribution in [0.1, 0.15) is 44.7 Å². The standard InChI is InChI=1S/C28H37IN4O5S/c1-26(2,31-29)24(34)30-27(3,20-38-18-21-10-6-5-7-11-21)25(35)32-16-14-28(15-17-32)19-33(39(4,36)37)23-13-9-8-12-22(23)28/h5-13,31H,14-20H2,1-4H3,(H,30,34)/t27-/m1/s1. The molecule has 2 aromatic carbocycles. The number of hydrogen-bond donors (Lipinski definition) is 2. The van der Waals surface area contributed by atoms with Crippen LogP contribution in [0, 0.1) is 0 Å². The van der Waals surface area contributed by atoms with Gasteiger partial charge in [-0.05, 0) is 50.8 Å². The molecule has 2 heterocycles. The first-order valence-corrected chi connectivity index (χ1v) is 15.9. The highest BCUT2D eigenvalue weighted by Gasteiger charge is 2.49. The second-order valence-electron chi connectivity index (χ2n) is 11.3. The van der Waals surface area contributed by atoms with Gasteiger partial charge in [-0.1, -0.05) is 48.5 Å². The molecule has 0 saturated carbocycles. The number of sulfonamides is 1. The summed E-state index contributed by atoms with van der Waals surface area (Å²) in [6, 6.07) is 17.3. The van der Waals surface area contributed by atoms with Crippen molar-refractivity contribution in [3.05, 3.63) is 65.7 Å². The number of rotatable bonds is 9. The molecule has 1 atom stereocenters. The Morgan fingerprint density at radius 2 is 1.64 bits per heavy atom. The Morgan fingerprint density at radius 3 is 2.26 bits per heavy atom. The van der Waals surface area contributed by atoms with E-state index in [1.807, 2.05) is 77.5 Å². The Hall–Kier alpha value is -2.22. The Kier molecular flexibility index (Phi) is 8.65. The summed E-state index contributed by atoms with van der Waals surface area (Å²) in [7, 11) is -3.43. The molecule has 212 valence electrons. The number of anilines is 1. The predicted octanol–water partition coefficient (Wildman–Crippen LogP) is 3.14. The summed E-state index contributed by atoms with van der Waals surface area (Å²) in [6.07, 6.45) is 2.48. The van der Waals surface area contributed by atoms with Gasteiger partial charge in [-0.2, -0.15) is 0 Å². The molecule has 1 spiro atoms. The van der Waals surface area contributed by atoms with E-state index in [-0.39, 0.29) is 23.8 Å². The van der Waals surface area contributed by atoms with Gasteiger partial charge >= 0.3 is 0 Å². The van der Waals surface area contributed by atoms with Crippen molar-refractivity contribution < 1.29 is 22.7 Å². The number of carbonyl (C=O) groups excluding carboxylic acids is 2. The van der Waals surface area contributed by atoms with E-state index < -0.39 is 21.1 Å². The van der Waals surface area contributed by atoms with E-state index in [9.17, 15) is 18.0 Å². The monoisotopic (exact) mass is 668 g/mol. The summed E-state index contributed by atoms with van der Waals surface area (Å²) in [5.41, 5.74) is 0.180. The molecular weight excluding hydrogens is 631 g/mol. The van der Waals surface area contributed by atoms with E-state index in [0.717, 1.165) is 16.8 Å². The Morgan fingerprint density at radius 1 is 1.03 bits per heavy atom. The van der Waals surface area contributed by atoms with Gasteiger partial charge in [0.15, 0.2) is 0 Å². The lowest BCUT2D eigenvalue weighted by molar-refractivity contribution is -0.146. The molecule has 2 aliphatic rings. The summed E-state index contributed by atoms with van der Waals surface area (Å²) >= 11 is 1.94. The van der Waals surface area contributed by atoms with Gasteiger partial charge in [-0.25, -0.2) is 11.9 Å². The van der Waals surface area contributed by atoms with E-state index in [0.29, 0.717) is 39.1 Å². The van der Waals surface area contributed by atoms with Crippen molar-refractivity contribution in [1.29, 1.82) is 0 Å². The molecule has 39 heavy (non-hydrogen) atoms. The molecule has 0 unspecified atom stereocenters. The van der Waals surface area contributed by atoms with Crippen LogP contribution in [-0.2, 0) is 36.4 Å². The summed E-state index contributed by atoms with van der Waals surface area (Å²) in [5.74, 6) is -0.521. The number of para-hydroxylation sites is 1. The third-order valence-corrected chi connectivity index (χ3v) is 10.2. The SMILES string of the molecule is CC(C)(NI)C(=O)N[C@](C)(COCc1ccccc1)C(=O)N1CCC2(CC1)CN(S(C)(=O)=O)c1ccccc12. The van der Waals surface area contributed by atoms with Crippen LogP contribution in [0.2, 0.25) is 0 Å². The number of halogens is 1. The predicted molar refractivity (Wildman–Crippen MR) is 160 cm³/mol. The van der Waals surface area contributed by atoms with E-state index in [2.05, 4.69) is 8.85 Å². The number of nitrogens with one attached hydrogen (secondary N) is 2. The van der Waals surface area contributed by atoms with Crippen molar-refractivity contribution in [3.63, 3.8) is 0 Å². The number of fused-ring (bicyclic) bond motifs is 2. The Labute approximate surface area is 245 Å². The Balaban J connectivity index is 1.52. The highest BCUT2D eigenvalue weighted by Crippen LogP contribution is 2.48. The fourth-order valence-corrected chi connectivity index (χ4v) is 6.59. The molecule has 1 fully saturated rings. The number of carbonyl (C=O) groups is 2. The number of piperidine rings is 1. The van der Waals surface area contributed by atoms with Crippen LogP contribution >= 0.6 is 22.9 Å². The Bertz CT molecular complexity index is 1310. The molecule has 4 rings (SSSR count). The zero-order valence-electron chi connectivity index (χ0n) is 22.9. The highest BCUT2D eigenvalue weighted by molar-refractivity contribution is 14.1. The van der Waals surface area contributed by atoms with Crippen molar-refractivity contribution in [2.75, 3.05) is 36.8 Å². The number of likely N-dealkylation sites (tertiary alicyclic amines) is 1. The quantitative estimate of drug-likeness (QED) is 0.314. The fraction of sp³-hybridized carbons (Fsp3) is 0.500. The van der Waals surface area contributed by atoms with Gasteiger partial charge in [0.05, 0.1) is 25.2 Å². The molecule has 11 heteroatoms. The van der Waals surface area contributed by atoms with Crippen molar-refractivity contribution >= 4 is 50.4 Å². The minimum atomic E-state index is -3.43. The van der Waals surface area contributed by atoms with E-state index in [4.69, 9.17) is 4.74 Å². The summed E-state index contributed by atoms with van der Waals surface area (Å²) < 4.78 is 35.5. The molecule has 0 bridgehead atoms. The maximum atomic E-state index is 14.0. The number of ether oxygens (including phenoxy) is 1. The average molecular weight is 669 g/mol. The molecule has 0 radical (unpaired) electrons. The van der Waals surface area contributed by atoms with Gasteiger partial charge in [0.25, 0.3) is 0 Å². The van der Waals surface area contributed by atoms with Crippen molar-refractivity contribution in [1.82, 2.24) is 13.7 Å². The average Bonchev–Trinajstić information content (AvgIpc) is 3.24. The van der Waals surface area contributed by atoms with E-state index in [1.54, 1.807) is 25.7 Å². The largest absolute Gasteiger partial charge is 0.374 e. The van der Waals surface area contributed by atoms with Gasteiger partial charge in [0.2, 0.25) is 21.8 Å². The first kappa shape index (κ1) is 29.8. The van der Waals surface area contributed by atoms with Gasteiger partial charge < -0.3 is 15.0 Å². The molecule has 2 aliphatic heterocycles. The molecule has 1 saturated heterocycles. The van der Waals surface area contributed by atoms with Crippen LogP contribution in [0.3, 0.4) is 0 Å². The minimum absolute atomic E-state index is 0.0100. The first-order valence-electron chi connectivity index (χ1n) is 13.0. The zero-order valence-corrected chi connectivity index (χ0v) is 25.8. The molecule has 2 aromatic rings. The fourth-order valence-electron chi connectivity index (χ4n) is 5.34. The van der Waals surface area contributed by atoms with Crippen molar-refractivity contribution in [2.45, 2.75) is 56.7 Å². The topological polar surface area (TPSA) is 108 Å². The second kappa shape index (κ2) is 11.3. The van der Waals surface area contributed by atoms with Crippen LogP contribution in [0.5, 0.6) is 0 Å². The van der Waals surface area contributed by atoms with E-state index in [1.165, 1.54) is 10.6 Å². The number of benzene rings is 2. The summed E-state index contributed by atoms with van der Waals surface area (Å²) in [6.45, 7) is 6.80. The van der Waals surface area contributed by atoms with Gasteiger partial charge in [0.1, 0.15) is 11.1 Å². The number of amides is 2. The van der Waals surface area contributed by atoms with Crippen molar-refractivity contribution in [3.8, 4) is 0 Å². The van der Waals surface area contributed by atoms with Crippen LogP contribution in [0.4, 0.5) is 5.69 Å². The van der Waals surface area contributed by atoms with Crippen LogP contribution in [0.25, 0.3) is 0 Å². The lowest BCUT2D eigenvalue weighted by Crippen LogP contribution is -2.65. The lowest BCUT2D eigenvalue weighted by atomic mass is 9.74. The van der Waals surface area contributed by atoms with E-state index >= 15 is 0 Å². The third kappa shape index (κ3) is 6.26. The molecular formula is C28H37IN4O5S. The third-order valence-electron chi connectivity index (χ3n) is 7.77. The van der Waals surface area contributed by atoms with Gasteiger partial charge in [-0.15, -0.1) is 0 Å². The summed E-state index contributed by atoms with van der Waals surface area (Å²) in [4.78, 5) is 28.9. The molecule has 9 nitrogen and oxygen atoms in total. The lowest BCUT2D eigenvalue weighted by Gasteiger charge is -2.43.